The Morgan fingerprint density at radius 3 is 2.88 bits per heavy atom. The molecule has 6 nitrogen and oxygen atoms in total. The zero-order valence-corrected chi connectivity index (χ0v) is 8.44. The Kier molecular flexibility index (Phi) is 1.97. The van der Waals surface area contributed by atoms with Gasteiger partial charge in [-0.1, -0.05) is 0 Å². The number of H-pyrrole nitrogens is 2. The van der Waals surface area contributed by atoms with Crippen molar-refractivity contribution in [3.63, 3.8) is 0 Å². The quantitative estimate of drug-likeness (QED) is 0.649. The fourth-order valence-corrected chi connectivity index (χ4v) is 1.62. The molecule has 0 aliphatic heterocycles. The minimum atomic E-state index is -0.402. The van der Waals surface area contributed by atoms with Crippen LogP contribution < -0.4 is 5.56 Å². The number of nitrogens with one attached hydrogen (secondary N) is 2. The Labute approximate surface area is 93.5 Å². The molecule has 17 heavy (non-hydrogen) atoms. The molecule has 0 saturated heterocycles. The van der Waals surface area contributed by atoms with E-state index >= 15 is 0 Å². The molecule has 0 saturated carbocycles. The standard InChI is InChI=1S/C10H6FN5O/c11-6-2-1-5-3-7(9-13-15-16-14-9)10(17)12-8(5)4-6/h1-4H,(H,12,17)(H,13,14,15,16). The maximum atomic E-state index is 13.0. The molecule has 0 atom stereocenters. The summed E-state index contributed by atoms with van der Waals surface area (Å²) in [5.74, 6) is -0.196. The van der Waals surface area contributed by atoms with E-state index in [4.69, 9.17) is 0 Å². The van der Waals surface area contributed by atoms with Crippen LogP contribution in [0.4, 0.5) is 4.39 Å². The van der Waals surface area contributed by atoms with Gasteiger partial charge in [0.2, 0.25) is 5.82 Å². The summed E-state index contributed by atoms with van der Waals surface area (Å²) in [4.78, 5) is 14.3. The van der Waals surface area contributed by atoms with E-state index < -0.39 is 5.82 Å². The third-order valence-corrected chi connectivity index (χ3v) is 2.39. The SMILES string of the molecule is O=c1[nH]c2cc(F)ccc2cc1-c1nn[nH]n1. The minimum Gasteiger partial charge on any atom is -0.321 e. The first-order valence-electron chi connectivity index (χ1n) is 4.80. The van der Waals surface area contributed by atoms with E-state index in [1.165, 1.54) is 12.1 Å². The fraction of sp³-hybridized carbons (Fsp3) is 0. The van der Waals surface area contributed by atoms with Crippen molar-refractivity contribution in [1.82, 2.24) is 25.6 Å². The number of aromatic nitrogens is 5. The Morgan fingerprint density at radius 1 is 1.24 bits per heavy atom. The number of benzene rings is 1. The monoisotopic (exact) mass is 231 g/mol. The van der Waals surface area contributed by atoms with Crippen molar-refractivity contribution in [1.29, 1.82) is 0 Å². The maximum absolute atomic E-state index is 13.0. The van der Waals surface area contributed by atoms with Crippen molar-refractivity contribution in [2.24, 2.45) is 0 Å². The Morgan fingerprint density at radius 2 is 2.12 bits per heavy atom. The fourth-order valence-electron chi connectivity index (χ4n) is 1.62. The molecule has 1 aromatic carbocycles. The highest BCUT2D eigenvalue weighted by molar-refractivity contribution is 5.82. The van der Waals surface area contributed by atoms with Gasteiger partial charge in [0, 0.05) is 0 Å². The summed E-state index contributed by atoms with van der Waals surface area (Å²) in [5, 5.41) is 13.8. The molecule has 0 aliphatic carbocycles. The number of halogens is 1. The van der Waals surface area contributed by atoms with Crippen molar-refractivity contribution in [2.45, 2.75) is 0 Å². The largest absolute Gasteiger partial charge is 0.321 e. The first-order chi connectivity index (χ1) is 8.24. The summed E-state index contributed by atoms with van der Waals surface area (Å²) in [6.07, 6.45) is 0. The number of rotatable bonds is 1. The van der Waals surface area contributed by atoms with E-state index in [0.29, 0.717) is 10.9 Å². The number of hydrogen-bond donors (Lipinski definition) is 2. The summed E-state index contributed by atoms with van der Waals surface area (Å²) in [7, 11) is 0. The van der Waals surface area contributed by atoms with E-state index in [0.717, 1.165) is 0 Å². The van der Waals surface area contributed by atoms with Crippen LogP contribution in [0.3, 0.4) is 0 Å². The summed E-state index contributed by atoms with van der Waals surface area (Å²) < 4.78 is 13.0. The third-order valence-electron chi connectivity index (χ3n) is 2.39. The number of nitrogens with zero attached hydrogens (tertiary/aromatic N) is 3. The molecule has 2 aromatic heterocycles. The van der Waals surface area contributed by atoms with E-state index in [2.05, 4.69) is 25.6 Å². The Hall–Kier alpha value is -2.57. The molecule has 0 fully saturated rings. The van der Waals surface area contributed by atoms with Crippen LogP contribution >= 0.6 is 0 Å². The van der Waals surface area contributed by atoms with Crippen LogP contribution in [0.1, 0.15) is 0 Å². The smallest absolute Gasteiger partial charge is 0.259 e. The molecule has 0 aliphatic rings. The van der Waals surface area contributed by atoms with Gasteiger partial charge in [-0.15, -0.1) is 10.2 Å². The second kappa shape index (κ2) is 3.48. The topological polar surface area (TPSA) is 87.3 Å². The molecule has 7 heteroatoms. The van der Waals surface area contributed by atoms with Crippen LogP contribution in [0.5, 0.6) is 0 Å². The molecule has 0 spiro atoms. The molecule has 84 valence electrons. The van der Waals surface area contributed by atoms with Crippen LogP contribution in [-0.4, -0.2) is 25.6 Å². The normalized spacial score (nSPS) is 10.9. The van der Waals surface area contributed by atoms with Gasteiger partial charge >= 0.3 is 0 Å². The van der Waals surface area contributed by atoms with Crippen LogP contribution in [0.2, 0.25) is 0 Å². The van der Waals surface area contributed by atoms with E-state index in [9.17, 15) is 9.18 Å². The van der Waals surface area contributed by atoms with Crippen molar-refractivity contribution in [2.75, 3.05) is 0 Å². The summed E-state index contributed by atoms with van der Waals surface area (Å²) >= 11 is 0. The molecule has 0 radical (unpaired) electrons. The molecule has 2 N–H and O–H groups in total. The lowest BCUT2D eigenvalue weighted by molar-refractivity contribution is 0.629. The number of fused-ring (bicyclic) bond motifs is 1. The van der Waals surface area contributed by atoms with Crippen molar-refractivity contribution in [3.8, 4) is 11.4 Å². The van der Waals surface area contributed by atoms with Crippen LogP contribution in [0.25, 0.3) is 22.3 Å². The van der Waals surface area contributed by atoms with Gasteiger partial charge < -0.3 is 4.98 Å². The van der Waals surface area contributed by atoms with Crippen LogP contribution in [-0.2, 0) is 0 Å². The molecule has 3 rings (SSSR count). The van der Waals surface area contributed by atoms with Crippen LogP contribution in [0.15, 0.2) is 29.1 Å². The van der Waals surface area contributed by atoms with Gasteiger partial charge in [0.15, 0.2) is 0 Å². The first kappa shape index (κ1) is 9.64. The zero-order chi connectivity index (χ0) is 11.8. The highest BCUT2D eigenvalue weighted by atomic mass is 19.1. The molecule has 2 heterocycles. The van der Waals surface area contributed by atoms with Gasteiger partial charge in [-0.25, -0.2) is 4.39 Å². The molecular formula is C10H6FN5O. The number of pyridine rings is 1. The summed E-state index contributed by atoms with van der Waals surface area (Å²) in [6.45, 7) is 0. The van der Waals surface area contributed by atoms with Gasteiger partial charge in [-0.2, -0.15) is 5.21 Å². The van der Waals surface area contributed by atoms with Gasteiger partial charge in [0.1, 0.15) is 5.82 Å². The zero-order valence-electron chi connectivity index (χ0n) is 8.44. The highest BCUT2D eigenvalue weighted by Gasteiger charge is 2.09. The third kappa shape index (κ3) is 1.57. The average molecular weight is 231 g/mol. The predicted molar refractivity (Wildman–Crippen MR) is 57.7 cm³/mol. The predicted octanol–water partition coefficient (Wildman–Crippen LogP) is 0.847. The summed E-state index contributed by atoms with van der Waals surface area (Å²) in [5.41, 5.74) is 0.338. The Bertz CT molecular complexity index is 734. The lowest BCUT2D eigenvalue weighted by Gasteiger charge is -1.99. The maximum Gasteiger partial charge on any atom is 0.259 e. The van der Waals surface area contributed by atoms with Gasteiger partial charge in [-0.3, -0.25) is 4.79 Å². The van der Waals surface area contributed by atoms with Gasteiger partial charge in [0.05, 0.1) is 11.1 Å². The molecule has 3 aromatic rings. The lowest BCUT2D eigenvalue weighted by atomic mass is 10.1. The number of tetrazole rings is 1. The van der Waals surface area contributed by atoms with E-state index in [1.807, 2.05) is 0 Å². The van der Waals surface area contributed by atoms with E-state index in [1.54, 1.807) is 12.1 Å². The lowest BCUT2D eigenvalue weighted by Crippen LogP contribution is -2.09. The molecule has 0 amide bonds. The van der Waals surface area contributed by atoms with Crippen molar-refractivity contribution in [3.05, 3.63) is 40.4 Å². The number of hydrogen-bond acceptors (Lipinski definition) is 4. The van der Waals surface area contributed by atoms with Crippen molar-refractivity contribution < 1.29 is 4.39 Å². The van der Waals surface area contributed by atoms with Crippen molar-refractivity contribution >= 4 is 10.9 Å². The highest BCUT2D eigenvalue weighted by Crippen LogP contribution is 2.16. The molecular weight excluding hydrogens is 225 g/mol. The molecule has 0 unspecified atom stereocenters. The van der Waals surface area contributed by atoms with Crippen LogP contribution in [0, 0.1) is 5.82 Å². The van der Waals surface area contributed by atoms with Gasteiger partial charge in [-0.05, 0) is 34.9 Å². The minimum absolute atomic E-state index is 0.206. The molecule has 0 bridgehead atoms. The second-order valence-corrected chi connectivity index (χ2v) is 3.48. The average Bonchev–Trinajstić information content (AvgIpc) is 2.81. The summed E-state index contributed by atoms with van der Waals surface area (Å²) in [6, 6.07) is 5.75. The van der Waals surface area contributed by atoms with E-state index in [-0.39, 0.29) is 16.9 Å². The Balaban J connectivity index is 2.32. The number of aromatic amines is 2. The first-order valence-corrected chi connectivity index (χ1v) is 4.80. The second-order valence-electron chi connectivity index (χ2n) is 3.48. The van der Waals surface area contributed by atoms with Gasteiger partial charge in [0.25, 0.3) is 5.56 Å².